The maximum Gasteiger partial charge on any atom is 0.252 e. The van der Waals surface area contributed by atoms with Crippen LogP contribution in [0.25, 0.3) is 17.2 Å². The molecule has 5 rings (SSSR count). The van der Waals surface area contributed by atoms with Gasteiger partial charge in [0.25, 0.3) is 5.91 Å². The molecule has 3 aromatic heterocycles. The van der Waals surface area contributed by atoms with Crippen LogP contribution in [0.2, 0.25) is 0 Å². The normalized spacial score (nSPS) is 12.9. The van der Waals surface area contributed by atoms with Gasteiger partial charge < -0.3 is 16.0 Å². The summed E-state index contributed by atoms with van der Waals surface area (Å²) in [4.78, 5) is 28.4. The van der Waals surface area contributed by atoms with Crippen LogP contribution in [0, 0.1) is 6.92 Å². The first-order valence-electron chi connectivity index (χ1n) is 10.2. The standard InChI is InChI=1S/C23H23N7O/c1-14-18(30-11-6-9-16(19(24)31)23(30)26-14)21-27-20(17-10-12-29(2)22(17)28-21)25-13-15-7-4-3-5-8-15/h3-9,11H,10,12-13H2,1-2H3,(H2,24,31)(H,25,27,28). The Morgan fingerprint density at radius 2 is 1.94 bits per heavy atom. The highest BCUT2D eigenvalue weighted by Gasteiger charge is 2.26. The second-order valence-electron chi connectivity index (χ2n) is 7.73. The summed E-state index contributed by atoms with van der Waals surface area (Å²) < 4.78 is 1.84. The molecule has 1 amide bonds. The van der Waals surface area contributed by atoms with Crippen LogP contribution in [0.1, 0.15) is 27.2 Å². The molecular weight excluding hydrogens is 390 g/mol. The molecule has 0 saturated heterocycles. The third-order valence-corrected chi connectivity index (χ3v) is 5.65. The molecule has 8 heteroatoms. The molecule has 1 aliphatic heterocycles. The van der Waals surface area contributed by atoms with Gasteiger partial charge in [0.15, 0.2) is 5.82 Å². The Morgan fingerprint density at radius 3 is 2.71 bits per heavy atom. The molecule has 8 nitrogen and oxygen atoms in total. The van der Waals surface area contributed by atoms with Gasteiger partial charge in [0.1, 0.15) is 23.0 Å². The second-order valence-corrected chi connectivity index (χ2v) is 7.73. The van der Waals surface area contributed by atoms with E-state index in [9.17, 15) is 4.79 Å². The van der Waals surface area contributed by atoms with Crippen molar-refractivity contribution in [2.75, 3.05) is 23.8 Å². The topological polar surface area (TPSA) is 101 Å². The zero-order valence-corrected chi connectivity index (χ0v) is 17.5. The second kappa shape index (κ2) is 7.39. The van der Waals surface area contributed by atoms with Crippen LogP contribution in [0.4, 0.5) is 11.6 Å². The van der Waals surface area contributed by atoms with Crippen molar-refractivity contribution in [2.45, 2.75) is 19.9 Å². The van der Waals surface area contributed by atoms with Gasteiger partial charge in [-0.3, -0.25) is 9.20 Å². The van der Waals surface area contributed by atoms with Crippen molar-refractivity contribution in [3.8, 4) is 11.5 Å². The Kier molecular flexibility index (Phi) is 4.54. The maximum absolute atomic E-state index is 11.9. The van der Waals surface area contributed by atoms with E-state index in [1.54, 1.807) is 12.1 Å². The van der Waals surface area contributed by atoms with E-state index in [0.717, 1.165) is 41.6 Å². The van der Waals surface area contributed by atoms with Gasteiger partial charge in [-0.15, -0.1) is 0 Å². The number of aryl methyl sites for hydroxylation is 1. The van der Waals surface area contributed by atoms with Gasteiger partial charge in [-0.25, -0.2) is 15.0 Å². The molecule has 0 saturated carbocycles. The van der Waals surface area contributed by atoms with Gasteiger partial charge in [-0.1, -0.05) is 30.3 Å². The van der Waals surface area contributed by atoms with Gasteiger partial charge in [0.05, 0.1) is 11.3 Å². The van der Waals surface area contributed by atoms with Crippen LogP contribution in [0.5, 0.6) is 0 Å². The molecule has 4 heterocycles. The summed E-state index contributed by atoms with van der Waals surface area (Å²) in [7, 11) is 2.04. The Hall–Kier alpha value is -3.94. The number of fused-ring (bicyclic) bond motifs is 2. The Balaban J connectivity index is 1.64. The highest BCUT2D eigenvalue weighted by molar-refractivity contribution is 5.99. The molecule has 0 aliphatic carbocycles. The minimum Gasteiger partial charge on any atom is -0.366 e. The number of likely N-dealkylation sites (N-methyl/N-ethyl adjacent to an activating group) is 1. The lowest BCUT2D eigenvalue weighted by molar-refractivity contribution is 0.100. The number of nitrogens with zero attached hydrogens (tertiary/aromatic N) is 5. The molecule has 4 aromatic rings. The number of nitrogens with two attached hydrogens (primary N) is 1. The van der Waals surface area contributed by atoms with E-state index in [4.69, 9.17) is 15.7 Å². The molecule has 0 fully saturated rings. The van der Waals surface area contributed by atoms with E-state index in [1.165, 1.54) is 5.56 Å². The average Bonchev–Trinajstić information content (AvgIpc) is 3.31. The molecule has 31 heavy (non-hydrogen) atoms. The maximum atomic E-state index is 11.9. The number of aromatic nitrogens is 4. The lowest BCUT2D eigenvalue weighted by Crippen LogP contribution is -2.15. The fourth-order valence-corrected chi connectivity index (χ4v) is 4.08. The number of anilines is 2. The number of hydrogen-bond donors (Lipinski definition) is 2. The Labute approximate surface area is 179 Å². The number of amides is 1. The van der Waals surface area contributed by atoms with Gasteiger partial charge in [0, 0.05) is 31.9 Å². The molecule has 0 atom stereocenters. The van der Waals surface area contributed by atoms with Crippen LogP contribution in [0.3, 0.4) is 0 Å². The number of carbonyl (C=O) groups excluding carboxylic acids is 1. The number of primary amides is 1. The molecule has 3 N–H and O–H groups in total. The smallest absolute Gasteiger partial charge is 0.252 e. The monoisotopic (exact) mass is 413 g/mol. The predicted octanol–water partition coefficient (Wildman–Crippen LogP) is 2.80. The highest BCUT2D eigenvalue weighted by Crippen LogP contribution is 2.34. The first-order chi connectivity index (χ1) is 15.0. The number of imidazole rings is 1. The molecule has 0 unspecified atom stereocenters. The van der Waals surface area contributed by atoms with E-state index in [1.807, 2.05) is 42.8 Å². The summed E-state index contributed by atoms with van der Waals surface area (Å²) in [6, 6.07) is 13.7. The summed E-state index contributed by atoms with van der Waals surface area (Å²) in [6.45, 7) is 3.46. The largest absolute Gasteiger partial charge is 0.366 e. The molecule has 156 valence electrons. The van der Waals surface area contributed by atoms with E-state index >= 15 is 0 Å². The number of carbonyl (C=O) groups is 1. The van der Waals surface area contributed by atoms with E-state index in [2.05, 4.69) is 27.3 Å². The van der Waals surface area contributed by atoms with Crippen LogP contribution in [-0.2, 0) is 13.0 Å². The molecule has 0 bridgehead atoms. The molecule has 1 aliphatic rings. The van der Waals surface area contributed by atoms with Crippen molar-refractivity contribution < 1.29 is 4.79 Å². The first-order valence-corrected chi connectivity index (χ1v) is 10.2. The fraction of sp³-hybridized carbons (Fsp3) is 0.217. The average molecular weight is 413 g/mol. The minimum atomic E-state index is -0.512. The van der Waals surface area contributed by atoms with Crippen LogP contribution >= 0.6 is 0 Å². The van der Waals surface area contributed by atoms with Gasteiger partial charge >= 0.3 is 0 Å². The van der Waals surface area contributed by atoms with Crippen molar-refractivity contribution in [1.29, 1.82) is 0 Å². The SMILES string of the molecule is Cc1nc2c(C(N)=O)cccn2c1-c1nc(NCc2ccccc2)c2c(n1)N(C)CC2. The van der Waals surface area contributed by atoms with Crippen molar-refractivity contribution >= 4 is 23.2 Å². The highest BCUT2D eigenvalue weighted by atomic mass is 16.1. The molecular formula is C23H23N7O. The quantitative estimate of drug-likeness (QED) is 0.522. The van der Waals surface area contributed by atoms with Crippen LogP contribution in [-0.4, -0.2) is 38.9 Å². The number of nitrogens with one attached hydrogen (secondary N) is 1. The van der Waals surface area contributed by atoms with E-state index < -0.39 is 5.91 Å². The van der Waals surface area contributed by atoms with Crippen LogP contribution < -0.4 is 16.0 Å². The number of pyridine rings is 1. The Bertz CT molecular complexity index is 1300. The third-order valence-electron chi connectivity index (χ3n) is 5.65. The van der Waals surface area contributed by atoms with E-state index in [0.29, 0.717) is 23.6 Å². The van der Waals surface area contributed by atoms with Gasteiger partial charge in [-0.05, 0) is 31.0 Å². The summed E-state index contributed by atoms with van der Waals surface area (Å²) in [5.74, 6) is 1.80. The minimum absolute atomic E-state index is 0.373. The summed E-state index contributed by atoms with van der Waals surface area (Å²) >= 11 is 0. The first kappa shape index (κ1) is 19.0. The molecule has 0 spiro atoms. The zero-order chi connectivity index (χ0) is 21.5. The zero-order valence-electron chi connectivity index (χ0n) is 17.5. The predicted molar refractivity (Wildman–Crippen MR) is 120 cm³/mol. The summed E-state index contributed by atoms with van der Waals surface area (Å²) in [5, 5.41) is 3.50. The van der Waals surface area contributed by atoms with Gasteiger partial charge in [0.2, 0.25) is 0 Å². The number of rotatable bonds is 5. The number of benzene rings is 1. The molecule has 1 aromatic carbocycles. The van der Waals surface area contributed by atoms with Crippen LogP contribution in [0.15, 0.2) is 48.7 Å². The lowest BCUT2D eigenvalue weighted by atomic mass is 10.2. The Morgan fingerprint density at radius 1 is 1.13 bits per heavy atom. The van der Waals surface area contributed by atoms with E-state index in [-0.39, 0.29) is 0 Å². The summed E-state index contributed by atoms with van der Waals surface area (Å²) in [6.07, 6.45) is 2.75. The van der Waals surface area contributed by atoms with Gasteiger partial charge in [-0.2, -0.15) is 0 Å². The third kappa shape index (κ3) is 3.26. The number of hydrogen-bond acceptors (Lipinski definition) is 6. The van der Waals surface area contributed by atoms with Crippen molar-refractivity contribution in [3.05, 3.63) is 71.0 Å². The van der Waals surface area contributed by atoms with Crippen molar-refractivity contribution in [3.63, 3.8) is 0 Å². The summed E-state index contributed by atoms with van der Waals surface area (Å²) in [5.41, 5.74) is 10.2. The van der Waals surface area contributed by atoms with Crippen molar-refractivity contribution in [2.24, 2.45) is 5.73 Å². The fourth-order valence-electron chi connectivity index (χ4n) is 4.08. The molecule has 0 radical (unpaired) electrons. The van der Waals surface area contributed by atoms with Crippen molar-refractivity contribution in [1.82, 2.24) is 19.4 Å². The lowest BCUT2D eigenvalue weighted by Gasteiger charge is -2.15.